The van der Waals surface area contributed by atoms with Crippen LogP contribution in [0.1, 0.15) is 56.2 Å². The van der Waals surface area contributed by atoms with Crippen LogP contribution >= 0.6 is 11.3 Å². The number of carbonyl (C=O) groups excluding carboxylic acids is 3. The highest BCUT2D eigenvalue weighted by atomic mass is 32.1. The lowest BCUT2D eigenvalue weighted by Crippen LogP contribution is -2.23. The number of hydrogen-bond acceptors (Lipinski definition) is 9. The fourth-order valence-corrected chi connectivity index (χ4v) is 3.80. The van der Waals surface area contributed by atoms with Crippen LogP contribution in [0.4, 0.5) is 16.4 Å². The number of carbonyl (C=O) groups is 3. The van der Waals surface area contributed by atoms with Crippen LogP contribution in [-0.4, -0.2) is 40.8 Å². The van der Waals surface area contributed by atoms with Gasteiger partial charge in [-0.25, -0.2) is 4.79 Å². The zero-order chi connectivity index (χ0) is 24.0. The van der Waals surface area contributed by atoms with Crippen molar-refractivity contribution in [1.82, 2.24) is 5.32 Å². The minimum atomic E-state index is -0.927. The van der Waals surface area contributed by atoms with E-state index in [4.69, 9.17) is 4.74 Å². The van der Waals surface area contributed by atoms with Gasteiger partial charge in [0.2, 0.25) is 0 Å². The first-order chi connectivity index (χ1) is 15.1. The molecule has 0 spiro atoms. The molecule has 0 bridgehead atoms. The molecule has 170 valence electrons. The standard InChI is InChI=1S/C19H20N4O8S/c1-4-6-20-17(25)15-10(3)14(19(26)31-5-2)18(32-15)21-16(24)11-7-12(22(27)28)9-13(8-11)23(29)30/h7-9H,4-6H2,1-3H3,(H,20,25)(H,21,24). The number of amides is 2. The number of nitrogens with one attached hydrogen (secondary N) is 2. The van der Waals surface area contributed by atoms with E-state index < -0.39 is 39.0 Å². The second-order valence-corrected chi connectivity index (χ2v) is 7.46. The Kier molecular flexibility index (Phi) is 7.96. The van der Waals surface area contributed by atoms with E-state index in [0.29, 0.717) is 18.5 Å². The highest BCUT2D eigenvalue weighted by molar-refractivity contribution is 7.18. The maximum absolute atomic E-state index is 12.8. The van der Waals surface area contributed by atoms with Gasteiger partial charge in [-0.05, 0) is 25.8 Å². The zero-order valence-corrected chi connectivity index (χ0v) is 18.2. The van der Waals surface area contributed by atoms with Gasteiger partial charge < -0.3 is 15.4 Å². The van der Waals surface area contributed by atoms with Crippen molar-refractivity contribution in [2.75, 3.05) is 18.5 Å². The zero-order valence-electron chi connectivity index (χ0n) is 17.4. The van der Waals surface area contributed by atoms with Crippen LogP contribution in [0.15, 0.2) is 18.2 Å². The van der Waals surface area contributed by atoms with Crippen molar-refractivity contribution in [3.8, 4) is 0 Å². The minimum absolute atomic E-state index is 0.0123. The molecule has 0 radical (unpaired) electrons. The Bertz CT molecular complexity index is 1060. The molecule has 0 saturated carbocycles. The first kappa shape index (κ1) is 24.4. The van der Waals surface area contributed by atoms with Crippen molar-refractivity contribution < 1.29 is 29.0 Å². The second-order valence-electron chi connectivity index (χ2n) is 6.44. The van der Waals surface area contributed by atoms with Gasteiger partial charge >= 0.3 is 5.97 Å². The van der Waals surface area contributed by atoms with E-state index in [2.05, 4.69) is 10.6 Å². The summed E-state index contributed by atoms with van der Waals surface area (Å²) in [7, 11) is 0. The van der Waals surface area contributed by atoms with Crippen LogP contribution in [0.2, 0.25) is 0 Å². The second kappa shape index (κ2) is 10.4. The van der Waals surface area contributed by atoms with E-state index >= 15 is 0 Å². The van der Waals surface area contributed by atoms with Crippen LogP contribution in [0.5, 0.6) is 0 Å². The Morgan fingerprint density at radius 2 is 1.62 bits per heavy atom. The summed E-state index contributed by atoms with van der Waals surface area (Å²) in [4.78, 5) is 58.3. The molecule has 1 heterocycles. The first-order valence-corrected chi connectivity index (χ1v) is 10.3. The Balaban J connectivity index is 2.50. The number of rotatable bonds is 9. The predicted octanol–water partition coefficient (Wildman–Crippen LogP) is 3.44. The van der Waals surface area contributed by atoms with Gasteiger partial charge in [0, 0.05) is 18.7 Å². The molecule has 32 heavy (non-hydrogen) atoms. The molecule has 0 aliphatic heterocycles. The van der Waals surface area contributed by atoms with Gasteiger partial charge in [-0.2, -0.15) is 0 Å². The van der Waals surface area contributed by atoms with E-state index in [1.165, 1.54) is 6.92 Å². The molecule has 13 heteroatoms. The third-order valence-corrected chi connectivity index (χ3v) is 5.39. The monoisotopic (exact) mass is 464 g/mol. The lowest BCUT2D eigenvalue weighted by Gasteiger charge is -2.07. The third-order valence-electron chi connectivity index (χ3n) is 4.18. The number of non-ortho nitro benzene ring substituents is 2. The maximum Gasteiger partial charge on any atom is 0.341 e. The number of thiophene rings is 1. The molecular formula is C19H20N4O8S. The van der Waals surface area contributed by atoms with Crippen molar-refractivity contribution in [2.45, 2.75) is 27.2 Å². The summed E-state index contributed by atoms with van der Waals surface area (Å²) in [5.41, 5.74) is -1.38. The van der Waals surface area contributed by atoms with Crippen molar-refractivity contribution in [2.24, 2.45) is 0 Å². The fraction of sp³-hybridized carbons (Fsp3) is 0.316. The summed E-state index contributed by atoms with van der Waals surface area (Å²) >= 11 is 0.830. The van der Waals surface area contributed by atoms with Crippen molar-refractivity contribution in [3.63, 3.8) is 0 Å². The summed E-state index contributed by atoms with van der Waals surface area (Å²) in [5.74, 6) is -2.13. The molecule has 2 rings (SSSR count). The molecule has 0 fully saturated rings. The number of nitro benzene ring substituents is 2. The van der Waals surface area contributed by atoms with E-state index in [9.17, 15) is 34.6 Å². The van der Waals surface area contributed by atoms with E-state index in [0.717, 1.165) is 29.5 Å². The van der Waals surface area contributed by atoms with Gasteiger partial charge in [-0.3, -0.25) is 29.8 Å². The molecule has 0 aliphatic rings. The quantitative estimate of drug-likeness (QED) is 0.323. The Labute approximate surface area is 185 Å². The number of nitro groups is 2. The van der Waals surface area contributed by atoms with Gasteiger partial charge in [-0.15, -0.1) is 11.3 Å². The van der Waals surface area contributed by atoms with E-state index in [1.807, 2.05) is 6.92 Å². The Morgan fingerprint density at radius 1 is 1.03 bits per heavy atom. The summed E-state index contributed by atoms with van der Waals surface area (Å²) in [5, 5.41) is 27.3. The largest absolute Gasteiger partial charge is 0.462 e. The molecule has 12 nitrogen and oxygen atoms in total. The topological polar surface area (TPSA) is 171 Å². The lowest BCUT2D eigenvalue weighted by molar-refractivity contribution is -0.394. The highest BCUT2D eigenvalue weighted by Crippen LogP contribution is 2.34. The number of esters is 1. The molecule has 2 N–H and O–H groups in total. The first-order valence-electron chi connectivity index (χ1n) is 9.44. The molecule has 2 amide bonds. The molecule has 0 aliphatic carbocycles. The molecular weight excluding hydrogens is 444 g/mol. The average molecular weight is 464 g/mol. The minimum Gasteiger partial charge on any atom is -0.462 e. The SMILES string of the molecule is CCCNC(=O)c1sc(NC(=O)c2cc([N+](=O)[O-])cc([N+](=O)[O-])c2)c(C(=O)OCC)c1C. The summed E-state index contributed by atoms with van der Waals surface area (Å²) < 4.78 is 5.02. The van der Waals surface area contributed by atoms with Crippen molar-refractivity contribution >= 4 is 45.5 Å². The summed E-state index contributed by atoms with van der Waals surface area (Å²) in [6, 6.07) is 2.48. The average Bonchev–Trinajstić information content (AvgIpc) is 3.07. The highest BCUT2D eigenvalue weighted by Gasteiger charge is 2.28. The number of anilines is 1. The van der Waals surface area contributed by atoms with Crippen molar-refractivity contribution in [1.29, 1.82) is 0 Å². The molecule has 0 unspecified atom stereocenters. The van der Waals surface area contributed by atoms with Gasteiger partial charge in [0.05, 0.1) is 38.5 Å². The van der Waals surface area contributed by atoms with Crippen LogP contribution in [0.3, 0.4) is 0 Å². The van der Waals surface area contributed by atoms with Gasteiger partial charge in [0.1, 0.15) is 5.00 Å². The molecule has 2 aromatic rings. The van der Waals surface area contributed by atoms with Crippen LogP contribution in [0.25, 0.3) is 0 Å². The Hall–Kier alpha value is -3.87. The van der Waals surface area contributed by atoms with Gasteiger partial charge in [-0.1, -0.05) is 6.92 Å². The number of nitrogens with zero attached hydrogens (tertiary/aromatic N) is 2. The summed E-state index contributed by atoms with van der Waals surface area (Å²) in [6.07, 6.45) is 0.691. The fourth-order valence-electron chi connectivity index (χ4n) is 2.70. The number of ether oxygens (including phenoxy) is 1. The molecule has 1 aromatic heterocycles. The number of hydrogen-bond donors (Lipinski definition) is 2. The molecule has 0 atom stereocenters. The smallest absolute Gasteiger partial charge is 0.341 e. The lowest BCUT2D eigenvalue weighted by atomic mass is 10.1. The van der Waals surface area contributed by atoms with Crippen LogP contribution < -0.4 is 10.6 Å². The molecule has 0 saturated heterocycles. The van der Waals surface area contributed by atoms with Crippen LogP contribution in [0, 0.1) is 27.2 Å². The van der Waals surface area contributed by atoms with Crippen LogP contribution in [-0.2, 0) is 4.74 Å². The Morgan fingerprint density at radius 3 is 2.12 bits per heavy atom. The van der Waals surface area contributed by atoms with Gasteiger partial charge in [0.25, 0.3) is 23.2 Å². The summed E-state index contributed by atoms with van der Waals surface area (Å²) in [6.45, 7) is 5.45. The maximum atomic E-state index is 12.8. The van der Waals surface area contributed by atoms with Gasteiger partial charge in [0.15, 0.2) is 0 Å². The molecule has 1 aromatic carbocycles. The van der Waals surface area contributed by atoms with Crippen molar-refractivity contribution in [3.05, 3.63) is 60.0 Å². The third kappa shape index (κ3) is 5.43. The predicted molar refractivity (Wildman–Crippen MR) is 115 cm³/mol. The number of benzene rings is 1. The van der Waals surface area contributed by atoms with E-state index in [-0.39, 0.29) is 27.6 Å². The normalized spacial score (nSPS) is 10.3. The van der Waals surface area contributed by atoms with E-state index in [1.54, 1.807) is 6.92 Å².